The molecular weight excluding hydrogens is 194 g/mol. The van der Waals surface area contributed by atoms with Gasteiger partial charge < -0.3 is 4.74 Å². The minimum Gasteiger partial charge on any atom is -0.457 e. The van der Waals surface area contributed by atoms with Gasteiger partial charge in [-0.05, 0) is 13.0 Å². The Balaban J connectivity index is 2.16. The smallest absolute Gasteiger partial charge is 0.317 e. The van der Waals surface area contributed by atoms with E-state index in [9.17, 15) is 9.59 Å². The molecule has 2 heterocycles. The molecular formula is C11H11NO3. The molecule has 1 aromatic heterocycles. The number of pyridine rings is 1. The van der Waals surface area contributed by atoms with Gasteiger partial charge in [0.05, 0.1) is 0 Å². The highest BCUT2D eigenvalue weighted by molar-refractivity contribution is 5.98. The summed E-state index contributed by atoms with van der Waals surface area (Å²) in [4.78, 5) is 26.4. The maximum absolute atomic E-state index is 11.3. The van der Waals surface area contributed by atoms with Crippen molar-refractivity contribution in [2.75, 3.05) is 0 Å². The highest BCUT2D eigenvalue weighted by Gasteiger charge is 2.38. The first-order valence-electron chi connectivity index (χ1n) is 4.79. The number of carbonyl (C=O) groups is 2. The van der Waals surface area contributed by atoms with Gasteiger partial charge in [-0.2, -0.15) is 0 Å². The second-order valence-corrected chi connectivity index (χ2v) is 3.61. The summed E-state index contributed by atoms with van der Waals surface area (Å²) in [6, 6.07) is 3.62. The van der Waals surface area contributed by atoms with E-state index in [1.54, 1.807) is 18.5 Å². The molecule has 0 bridgehead atoms. The molecule has 1 fully saturated rings. The topological polar surface area (TPSA) is 56.3 Å². The molecule has 2 unspecified atom stereocenters. The molecule has 1 aromatic rings. The number of ether oxygens (including phenoxy) is 1. The average Bonchev–Trinajstić information content (AvgIpc) is 2.62. The number of cyclic esters (lactones) is 1. The van der Waals surface area contributed by atoms with E-state index in [0.717, 1.165) is 5.56 Å². The maximum atomic E-state index is 11.3. The van der Waals surface area contributed by atoms with Gasteiger partial charge in [-0.3, -0.25) is 14.6 Å². The lowest BCUT2D eigenvalue weighted by atomic mass is 9.98. The molecule has 0 aliphatic carbocycles. The molecule has 1 saturated heterocycles. The zero-order chi connectivity index (χ0) is 10.8. The second kappa shape index (κ2) is 3.81. The van der Waals surface area contributed by atoms with E-state index in [1.807, 2.05) is 6.07 Å². The molecule has 78 valence electrons. The number of nitrogens with zero attached hydrogens (tertiary/aromatic N) is 1. The highest BCUT2D eigenvalue weighted by Crippen LogP contribution is 2.33. The van der Waals surface area contributed by atoms with Crippen LogP contribution in [0.5, 0.6) is 0 Å². The van der Waals surface area contributed by atoms with Crippen molar-refractivity contribution >= 4 is 11.8 Å². The molecule has 2 rings (SSSR count). The van der Waals surface area contributed by atoms with Crippen LogP contribution in [0.1, 0.15) is 25.0 Å². The molecule has 15 heavy (non-hydrogen) atoms. The van der Waals surface area contributed by atoms with Gasteiger partial charge in [0.15, 0.2) is 0 Å². The van der Waals surface area contributed by atoms with Crippen molar-refractivity contribution in [2.45, 2.75) is 19.4 Å². The third kappa shape index (κ3) is 1.88. The number of esters is 1. The quantitative estimate of drug-likeness (QED) is 0.539. The average molecular weight is 205 g/mol. The summed E-state index contributed by atoms with van der Waals surface area (Å²) >= 11 is 0. The first-order valence-corrected chi connectivity index (χ1v) is 4.79. The molecule has 0 amide bonds. The fraction of sp³-hybridized carbons (Fsp3) is 0.364. The van der Waals surface area contributed by atoms with Crippen molar-refractivity contribution in [3.8, 4) is 0 Å². The SMILES string of the molecule is CC(=O)C1CC(c2cccnc2)OC1=O. The van der Waals surface area contributed by atoms with Crippen molar-refractivity contribution < 1.29 is 14.3 Å². The van der Waals surface area contributed by atoms with Gasteiger partial charge in [-0.1, -0.05) is 6.07 Å². The van der Waals surface area contributed by atoms with Gasteiger partial charge in [-0.15, -0.1) is 0 Å². The van der Waals surface area contributed by atoms with Gasteiger partial charge in [0.25, 0.3) is 0 Å². The van der Waals surface area contributed by atoms with E-state index in [1.165, 1.54) is 6.92 Å². The van der Waals surface area contributed by atoms with Crippen LogP contribution in [0, 0.1) is 5.92 Å². The van der Waals surface area contributed by atoms with Gasteiger partial charge in [0, 0.05) is 24.4 Å². The van der Waals surface area contributed by atoms with Gasteiger partial charge in [0.1, 0.15) is 17.8 Å². The third-order valence-electron chi connectivity index (χ3n) is 2.54. The lowest BCUT2D eigenvalue weighted by molar-refractivity contribution is -0.146. The molecule has 4 nitrogen and oxygen atoms in total. The fourth-order valence-electron chi connectivity index (χ4n) is 1.68. The Labute approximate surface area is 87.3 Å². The summed E-state index contributed by atoms with van der Waals surface area (Å²) in [5, 5.41) is 0. The summed E-state index contributed by atoms with van der Waals surface area (Å²) in [5.41, 5.74) is 0.842. The summed E-state index contributed by atoms with van der Waals surface area (Å²) in [5.74, 6) is -1.15. The van der Waals surface area contributed by atoms with Crippen LogP contribution in [0.25, 0.3) is 0 Å². The van der Waals surface area contributed by atoms with E-state index in [2.05, 4.69) is 4.98 Å². The van der Waals surface area contributed by atoms with Gasteiger partial charge in [-0.25, -0.2) is 0 Å². The Morgan fingerprint density at radius 3 is 2.93 bits per heavy atom. The van der Waals surface area contributed by atoms with E-state index >= 15 is 0 Å². The van der Waals surface area contributed by atoms with Crippen LogP contribution in [0.2, 0.25) is 0 Å². The first kappa shape index (κ1) is 9.83. The van der Waals surface area contributed by atoms with Crippen LogP contribution in [0.4, 0.5) is 0 Å². The molecule has 4 heteroatoms. The van der Waals surface area contributed by atoms with E-state index in [-0.39, 0.29) is 11.9 Å². The summed E-state index contributed by atoms with van der Waals surface area (Å²) < 4.78 is 5.12. The number of hydrogen-bond acceptors (Lipinski definition) is 4. The Bertz CT molecular complexity index is 388. The monoisotopic (exact) mass is 205 g/mol. The number of aromatic nitrogens is 1. The number of hydrogen-bond donors (Lipinski definition) is 0. The zero-order valence-electron chi connectivity index (χ0n) is 8.34. The molecule has 1 aliphatic heterocycles. The summed E-state index contributed by atoms with van der Waals surface area (Å²) in [6.07, 6.45) is 3.42. The van der Waals surface area contributed by atoms with Crippen molar-refractivity contribution in [3.63, 3.8) is 0 Å². The van der Waals surface area contributed by atoms with Gasteiger partial charge in [0.2, 0.25) is 0 Å². The fourth-order valence-corrected chi connectivity index (χ4v) is 1.68. The maximum Gasteiger partial charge on any atom is 0.317 e. The van der Waals surface area contributed by atoms with Crippen molar-refractivity contribution in [3.05, 3.63) is 30.1 Å². The predicted molar refractivity (Wildman–Crippen MR) is 51.9 cm³/mol. The largest absolute Gasteiger partial charge is 0.457 e. The lowest BCUT2D eigenvalue weighted by Gasteiger charge is -2.07. The van der Waals surface area contributed by atoms with Crippen LogP contribution < -0.4 is 0 Å². The Kier molecular flexibility index (Phi) is 2.49. The standard InChI is InChI=1S/C11H11NO3/c1-7(13)9-5-10(15-11(9)14)8-3-2-4-12-6-8/h2-4,6,9-10H,5H2,1H3. The van der Waals surface area contributed by atoms with Crippen LogP contribution in [-0.4, -0.2) is 16.7 Å². The number of rotatable bonds is 2. The molecule has 0 radical (unpaired) electrons. The third-order valence-corrected chi connectivity index (χ3v) is 2.54. The normalized spacial score (nSPS) is 25.0. The number of carbonyl (C=O) groups excluding carboxylic acids is 2. The predicted octanol–water partition coefficient (Wildman–Crippen LogP) is 1.27. The van der Waals surface area contributed by atoms with E-state index in [4.69, 9.17) is 4.74 Å². The Morgan fingerprint density at radius 2 is 2.40 bits per heavy atom. The lowest BCUT2D eigenvalue weighted by Crippen LogP contribution is -2.15. The molecule has 0 aromatic carbocycles. The second-order valence-electron chi connectivity index (χ2n) is 3.61. The summed E-state index contributed by atoms with van der Waals surface area (Å²) in [6.45, 7) is 1.41. The first-order chi connectivity index (χ1) is 7.18. The zero-order valence-corrected chi connectivity index (χ0v) is 8.34. The van der Waals surface area contributed by atoms with Crippen molar-refractivity contribution in [2.24, 2.45) is 5.92 Å². The molecule has 0 saturated carbocycles. The van der Waals surface area contributed by atoms with Crippen molar-refractivity contribution in [1.29, 1.82) is 0 Å². The number of Topliss-reactive ketones (excluding diaryl/α,β-unsaturated/α-hetero) is 1. The highest BCUT2D eigenvalue weighted by atomic mass is 16.6. The van der Waals surface area contributed by atoms with E-state index in [0.29, 0.717) is 6.42 Å². The summed E-state index contributed by atoms with van der Waals surface area (Å²) in [7, 11) is 0. The van der Waals surface area contributed by atoms with Crippen LogP contribution in [0.15, 0.2) is 24.5 Å². The minimum absolute atomic E-state index is 0.133. The Hall–Kier alpha value is -1.71. The minimum atomic E-state index is -0.602. The van der Waals surface area contributed by atoms with E-state index < -0.39 is 11.9 Å². The number of ketones is 1. The molecule has 1 aliphatic rings. The van der Waals surface area contributed by atoms with Crippen LogP contribution >= 0.6 is 0 Å². The van der Waals surface area contributed by atoms with Crippen molar-refractivity contribution in [1.82, 2.24) is 4.98 Å². The molecule has 0 spiro atoms. The van der Waals surface area contributed by atoms with Gasteiger partial charge >= 0.3 is 5.97 Å². The Morgan fingerprint density at radius 1 is 1.60 bits per heavy atom. The van der Waals surface area contributed by atoms with Crippen LogP contribution in [-0.2, 0) is 14.3 Å². The van der Waals surface area contributed by atoms with Crippen LogP contribution in [0.3, 0.4) is 0 Å². The molecule has 2 atom stereocenters. The molecule has 0 N–H and O–H groups in total.